The van der Waals surface area contributed by atoms with Gasteiger partial charge in [-0.15, -0.1) is 0 Å². The van der Waals surface area contributed by atoms with Gasteiger partial charge >= 0.3 is 5.97 Å². The third kappa shape index (κ3) is 3.56. The number of rotatable bonds is 4. The fraction of sp³-hybridized carbons (Fsp3) is 0.350. The minimum Gasteiger partial charge on any atom is -0.480 e. The monoisotopic (exact) mass is 345 g/mol. The van der Waals surface area contributed by atoms with Crippen LogP contribution in [0.4, 0.5) is 8.78 Å². The SMILES string of the molecule is Cc1cc(C)cc(C(c2ccc(F)cc2F)N2CCCC2C(=O)O)c1. The van der Waals surface area contributed by atoms with Gasteiger partial charge in [-0.2, -0.15) is 0 Å². The summed E-state index contributed by atoms with van der Waals surface area (Å²) in [6.07, 6.45) is 1.26. The number of likely N-dealkylation sites (tertiary alicyclic amines) is 1. The van der Waals surface area contributed by atoms with E-state index in [1.165, 1.54) is 12.1 Å². The maximum absolute atomic E-state index is 14.6. The molecule has 2 atom stereocenters. The summed E-state index contributed by atoms with van der Waals surface area (Å²) in [4.78, 5) is 13.5. The fourth-order valence-corrected chi connectivity index (χ4v) is 3.80. The van der Waals surface area contributed by atoms with Crippen LogP contribution in [-0.4, -0.2) is 28.6 Å². The molecule has 25 heavy (non-hydrogen) atoms. The molecule has 1 fully saturated rings. The lowest BCUT2D eigenvalue weighted by Crippen LogP contribution is -2.39. The first kappa shape index (κ1) is 17.5. The van der Waals surface area contributed by atoms with E-state index < -0.39 is 29.7 Å². The highest BCUT2D eigenvalue weighted by Gasteiger charge is 2.37. The van der Waals surface area contributed by atoms with E-state index in [4.69, 9.17) is 0 Å². The fourth-order valence-electron chi connectivity index (χ4n) is 3.80. The van der Waals surface area contributed by atoms with Crippen LogP contribution in [0.3, 0.4) is 0 Å². The second-order valence-electron chi connectivity index (χ2n) is 6.72. The molecule has 3 rings (SSSR count). The molecule has 0 spiro atoms. The highest BCUT2D eigenvalue weighted by Crippen LogP contribution is 2.37. The predicted octanol–water partition coefficient (Wildman–Crippen LogP) is 4.22. The van der Waals surface area contributed by atoms with Crippen molar-refractivity contribution in [2.75, 3.05) is 6.54 Å². The smallest absolute Gasteiger partial charge is 0.320 e. The van der Waals surface area contributed by atoms with Crippen LogP contribution in [0.2, 0.25) is 0 Å². The Labute approximate surface area is 145 Å². The van der Waals surface area contributed by atoms with Crippen molar-refractivity contribution in [1.82, 2.24) is 4.90 Å². The lowest BCUT2D eigenvalue weighted by atomic mass is 9.93. The van der Waals surface area contributed by atoms with Crippen LogP contribution in [0, 0.1) is 25.5 Å². The first-order valence-corrected chi connectivity index (χ1v) is 8.38. The largest absolute Gasteiger partial charge is 0.480 e. The summed E-state index contributed by atoms with van der Waals surface area (Å²) in [5.41, 5.74) is 3.18. The van der Waals surface area contributed by atoms with Crippen molar-refractivity contribution in [1.29, 1.82) is 0 Å². The zero-order valence-corrected chi connectivity index (χ0v) is 14.3. The van der Waals surface area contributed by atoms with Crippen LogP contribution in [0.1, 0.15) is 41.1 Å². The Morgan fingerprint density at radius 2 is 1.84 bits per heavy atom. The first-order valence-electron chi connectivity index (χ1n) is 8.38. The number of aliphatic carboxylic acids is 1. The highest BCUT2D eigenvalue weighted by atomic mass is 19.1. The molecule has 0 radical (unpaired) electrons. The molecule has 0 aliphatic carbocycles. The standard InChI is InChI=1S/C20H21F2NO2/c1-12-8-13(2)10-14(9-12)19(16-6-5-15(21)11-17(16)22)23-7-3-4-18(23)20(24)25/h5-6,8-11,18-19H,3-4,7H2,1-2H3,(H,24,25). The van der Waals surface area contributed by atoms with Gasteiger partial charge in [-0.1, -0.05) is 35.4 Å². The van der Waals surface area contributed by atoms with Gasteiger partial charge in [0, 0.05) is 18.2 Å². The van der Waals surface area contributed by atoms with Crippen molar-refractivity contribution in [2.24, 2.45) is 0 Å². The topological polar surface area (TPSA) is 40.5 Å². The number of benzene rings is 2. The van der Waals surface area contributed by atoms with Gasteiger partial charge in [0.25, 0.3) is 0 Å². The molecule has 0 amide bonds. The molecular formula is C20H21F2NO2. The minimum absolute atomic E-state index is 0.305. The zero-order chi connectivity index (χ0) is 18.1. The normalized spacial score (nSPS) is 19.1. The van der Waals surface area contributed by atoms with Gasteiger partial charge in [0.1, 0.15) is 17.7 Å². The van der Waals surface area contributed by atoms with Crippen LogP contribution >= 0.6 is 0 Å². The number of nitrogens with zero attached hydrogens (tertiary/aromatic N) is 1. The highest BCUT2D eigenvalue weighted by molar-refractivity contribution is 5.74. The van der Waals surface area contributed by atoms with Gasteiger partial charge in [-0.25, -0.2) is 8.78 Å². The van der Waals surface area contributed by atoms with Crippen LogP contribution in [-0.2, 0) is 4.79 Å². The number of halogens is 2. The number of carboxylic acids is 1. The lowest BCUT2D eigenvalue weighted by molar-refractivity contribution is -0.142. The predicted molar refractivity (Wildman–Crippen MR) is 91.5 cm³/mol. The number of aryl methyl sites for hydroxylation is 2. The van der Waals surface area contributed by atoms with Crippen LogP contribution in [0.15, 0.2) is 36.4 Å². The molecule has 1 N–H and O–H groups in total. The molecule has 1 aliphatic heterocycles. The molecule has 5 heteroatoms. The third-order valence-corrected chi connectivity index (χ3v) is 4.73. The molecule has 0 saturated carbocycles. The Morgan fingerprint density at radius 1 is 1.16 bits per heavy atom. The second-order valence-corrected chi connectivity index (χ2v) is 6.72. The van der Waals surface area contributed by atoms with Gasteiger partial charge in [0.15, 0.2) is 0 Å². The van der Waals surface area contributed by atoms with E-state index in [1.807, 2.05) is 36.9 Å². The Bertz CT molecular complexity index is 786. The minimum atomic E-state index is -0.908. The van der Waals surface area contributed by atoms with E-state index in [0.29, 0.717) is 18.5 Å². The summed E-state index contributed by atoms with van der Waals surface area (Å²) in [5.74, 6) is -2.20. The summed E-state index contributed by atoms with van der Waals surface area (Å²) in [5, 5.41) is 9.55. The third-order valence-electron chi connectivity index (χ3n) is 4.73. The van der Waals surface area contributed by atoms with E-state index in [0.717, 1.165) is 29.2 Å². The molecule has 2 aromatic carbocycles. The molecule has 3 nitrogen and oxygen atoms in total. The summed E-state index contributed by atoms with van der Waals surface area (Å²) in [6.45, 7) is 4.46. The van der Waals surface area contributed by atoms with Gasteiger partial charge in [0.2, 0.25) is 0 Å². The lowest BCUT2D eigenvalue weighted by Gasteiger charge is -2.32. The van der Waals surface area contributed by atoms with Crippen molar-refractivity contribution in [2.45, 2.75) is 38.8 Å². The average Bonchev–Trinajstić information content (AvgIpc) is 2.98. The van der Waals surface area contributed by atoms with Crippen molar-refractivity contribution < 1.29 is 18.7 Å². The summed E-state index contributed by atoms with van der Waals surface area (Å²) >= 11 is 0. The molecule has 0 aromatic heterocycles. The summed E-state index contributed by atoms with van der Waals surface area (Å²) in [7, 11) is 0. The number of carboxylic acid groups (broad SMARTS) is 1. The van der Waals surface area contributed by atoms with Crippen molar-refractivity contribution >= 4 is 5.97 Å². The number of hydrogen-bond acceptors (Lipinski definition) is 2. The van der Waals surface area contributed by atoms with E-state index in [9.17, 15) is 18.7 Å². The molecule has 1 heterocycles. The Morgan fingerprint density at radius 3 is 2.44 bits per heavy atom. The quantitative estimate of drug-likeness (QED) is 0.902. The molecule has 2 aromatic rings. The average molecular weight is 345 g/mol. The van der Waals surface area contributed by atoms with E-state index in [2.05, 4.69) is 0 Å². The molecule has 1 saturated heterocycles. The Balaban J connectivity index is 2.15. The second kappa shape index (κ2) is 6.92. The van der Waals surface area contributed by atoms with Gasteiger partial charge in [-0.05, 0) is 38.3 Å². The number of carbonyl (C=O) groups is 1. The maximum atomic E-state index is 14.6. The Hall–Kier alpha value is -2.27. The van der Waals surface area contributed by atoms with Crippen LogP contribution in [0.5, 0.6) is 0 Å². The maximum Gasteiger partial charge on any atom is 0.320 e. The molecule has 132 valence electrons. The van der Waals surface area contributed by atoms with Gasteiger partial charge in [-0.3, -0.25) is 9.69 Å². The van der Waals surface area contributed by atoms with E-state index in [1.54, 1.807) is 0 Å². The van der Waals surface area contributed by atoms with Crippen molar-refractivity contribution in [3.05, 3.63) is 70.3 Å². The number of hydrogen-bond donors (Lipinski definition) is 1. The Kier molecular flexibility index (Phi) is 4.86. The molecule has 0 bridgehead atoms. The van der Waals surface area contributed by atoms with E-state index in [-0.39, 0.29) is 0 Å². The molecule has 2 unspecified atom stereocenters. The summed E-state index contributed by atoms with van der Waals surface area (Å²) in [6, 6.07) is 8.18. The van der Waals surface area contributed by atoms with Crippen LogP contribution < -0.4 is 0 Å². The van der Waals surface area contributed by atoms with Gasteiger partial charge < -0.3 is 5.11 Å². The zero-order valence-electron chi connectivity index (χ0n) is 14.3. The van der Waals surface area contributed by atoms with Crippen molar-refractivity contribution in [3.8, 4) is 0 Å². The first-order chi connectivity index (χ1) is 11.9. The van der Waals surface area contributed by atoms with E-state index >= 15 is 0 Å². The van der Waals surface area contributed by atoms with Crippen molar-refractivity contribution in [3.63, 3.8) is 0 Å². The van der Waals surface area contributed by atoms with Gasteiger partial charge in [0.05, 0.1) is 6.04 Å². The molecule has 1 aliphatic rings. The molecular weight excluding hydrogens is 324 g/mol. The summed E-state index contributed by atoms with van der Waals surface area (Å²) < 4.78 is 27.9. The van der Waals surface area contributed by atoms with Crippen LogP contribution in [0.25, 0.3) is 0 Å².